The molecular weight excluding hydrogens is 264 g/mol. The van der Waals surface area contributed by atoms with Crippen LogP contribution >= 0.6 is 0 Å². The van der Waals surface area contributed by atoms with Crippen LogP contribution in [0.5, 0.6) is 0 Å². The van der Waals surface area contributed by atoms with E-state index in [1.807, 2.05) is 30.3 Å². The summed E-state index contributed by atoms with van der Waals surface area (Å²) in [5.41, 5.74) is 7.57. The summed E-state index contributed by atoms with van der Waals surface area (Å²) >= 11 is 0. The Balaban J connectivity index is 1.69. The summed E-state index contributed by atoms with van der Waals surface area (Å²) < 4.78 is 1.70. The zero-order valence-electron chi connectivity index (χ0n) is 11.9. The van der Waals surface area contributed by atoms with Crippen LogP contribution in [0.3, 0.4) is 0 Å². The van der Waals surface area contributed by atoms with Crippen molar-refractivity contribution in [2.24, 2.45) is 5.73 Å². The van der Waals surface area contributed by atoms with E-state index in [1.165, 1.54) is 0 Å². The maximum absolute atomic E-state index is 12.3. The Bertz CT molecular complexity index is 608. The number of aromatic nitrogens is 2. The van der Waals surface area contributed by atoms with Gasteiger partial charge in [-0.2, -0.15) is 5.10 Å². The van der Waals surface area contributed by atoms with Crippen molar-refractivity contribution in [2.45, 2.75) is 37.8 Å². The lowest BCUT2D eigenvalue weighted by molar-refractivity contribution is 0.0921. The summed E-state index contributed by atoms with van der Waals surface area (Å²) in [5, 5.41) is 7.28. The monoisotopic (exact) mass is 284 g/mol. The van der Waals surface area contributed by atoms with Crippen molar-refractivity contribution in [3.05, 3.63) is 48.3 Å². The summed E-state index contributed by atoms with van der Waals surface area (Å²) in [6.45, 7) is 0. The molecule has 2 aromatic rings. The molecule has 1 aliphatic rings. The molecule has 0 bridgehead atoms. The molecule has 3 rings (SSSR count). The number of carbonyl (C=O) groups is 1. The topological polar surface area (TPSA) is 72.9 Å². The van der Waals surface area contributed by atoms with Crippen LogP contribution < -0.4 is 11.1 Å². The van der Waals surface area contributed by atoms with Gasteiger partial charge < -0.3 is 11.1 Å². The Labute approximate surface area is 124 Å². The maximum Gasteiger partial charge on any atom is 0.254 e. The average Bonchev–Trinajstić information content (AvgIpc) is 3.00. The van der Waals surface area contributed by atoms with Gasteiger partial charge in [-0.15, -0.1) is 0 Å². The highest BCUT2D eigenvalue weighted by Gasteiger charge is 2.24. The molecule has 0 radical (unpaired) electrons. The number of nitrogens with one attached hydrogen (secondary N) is 1. The van der Waals surface area contributed by atoms with Crippen LogP contribution in [0.2, 0.25) is 0 Å². The Morgan fingerprint density at radius 3 is 2.76 bits per heavy atom. The second-order valence-electron chi connectivity index (χ2n) is 5.54. The minimum Gasteiger partial charge on any atom is -0.348 e. The van der Waals surface area contributed by atoms with E-state index < -0.39 is 0 Å². The number of nitrogens with two attached hydrogens (primary N) is 1. The third-order valence-electron chi connectivity index (χ3n) is 4.00. The zero-order valence-corrected chi connectivity index (χ0v) is 11.9. The number of benzene rings is 1. The maximum atomic E-state index is 12.3. The van der Waals surface area contributed by atoms with Crippen LogP contribution in [-0.2, 0) is 0 Å². The van der Waals surface area contributed by atoms with Crippen LogP contribution in [0.1, 0.15) is 36.0 Å². The fourth-order valence-corrected chi connectivity index (χ4v) is 2.75. The number of rotatable bonds is 3. The lowest BCUT2D eigenvalue weighted by atomic mass is 9.91. The van der Waals surface area contributed by atoms with Gasteiger partial charge >= 0.3 is 0 Å². The molecule has 1 aromatic heterocycles. The summed E-state index contributed by atoms with van der Waals surface area (Å²) in [5.74, 6) is -0.0977. The molecule has 1 fully saturated rings. The molecule has 0 spiro atoms. The molecule has 1 aliphatic carbocycles. The van der Waals surface area contributed by atoms with E-state index in [2.05, 4.69) is 10.4 Å². The van der Waals surface area contributed by atoms with Crippen molar-refractivity contribution < 1.29 is 4.79 Å². The number of carbonyl (C=O) groups excluding carboxylic acids is 1. The Hall–Kier alpha value is -2.14. The normalized spacial score (nSPS) is 22.0. The fourth-order valence-electron chi connectivity index (χ4n) is 2.75. The molecule has 0 saturated heterocycles. The van der Waals surface area contributed by atoms with Gasteiger partial charge in [-0.25, -0.2) is 4.68 Å². The van der Waals surface area contributed by atoms with Gasteiger partial charge in [-0.3, -0.25) is 4.79 Å². The van der Waals surface area contributed by atoms with Crippen LogP contribution in [0.25, 0.3) is 5.69 Å². The third kappa shape index (κ3) is 3.13. The van der Waals surface area contributed by atoms with Gasteiger partial charge in [0, 0.05) is 18.3 Å². The molecule has 5 heteroatoms. The highest BCUT2D eigenvalue weighted by molar-refractivity contribution is 5.94. The molecule has 0 aliphatic heterocycles. The number of hydrogen-bond donors (Lipinski definition) is 2. The lowest BCUT2D eigenvalue weighted by Gasteiger charge is -2.29. The molecule has 1 aromatic carbocycles. The second-order valence-corrected chi connectivity index (χ2v) is 5.54. The molecule has 110 valence electrons. The molecule has 21 heavy (non-hydrogen) atoms. The van der Waals surface area contributed by atoms with Crippen LogP contribution in [0.4, 0.5) is 0 Å². The van der Waals surface area contributed by atoms with Crippen molar-refractivity contribution in [1.29, 1.82) is 0 Å². The SMILES string of the molecule is NC1CCCCC1NC(=O)c1cnn(-c2ccccc2)c1. The van der Waals surface area contributed by atoms with Crippen molar-refractivity contribution in [2.75, 3.05) is 0 Å². The van der Waals surface area contributed by atoms with Gasteiger partial charge in [-0.05, 0) is 25.0 Å². The van der Waals surface area contributed by atoms with E-state index in [-0.39, 0.29) is 18.0 Å². The van der Waals surface area contributed by atoms with Gasteiger partial charge in [0.1, 0.15) is 0 Å². The molecule has 1 heterocycles. The minimum atomic E-state index is -0.0977. The number of amides is 1. The largest absolute Gasteiger partial charge is 0.348 e. The van der Waals surface area contributed by atoms with Crippen LogP contribution in [0, 0.1) is 0 Å². The van der Waals surface area contributed by atoms with Gasteiger partial charge in [0.05, 0.1) is 17.4 Å². The van der Waals surface area contributed by atoms with E-state index in [4.69, 9.17) is 5.73 Å². The first kappa shape index (κ1) is 13.8. The Morgan fingerprint density at radius 2 is 2.00 bits per heavy atom. The predicted molar refractivity (Wildman–Crippen MR) is 81.3 cm³/mol. The highest BCUT2D eigenvalue weighted by atomic mass is 16.1. The van der Waals surface area contributed by atoms with Gasteiger partial charge in [0.25, 0.3) is 5.91 Å². The summed E-state index contributed by atoms with van der Waals surface area (Å²) in [6, 6.07) is 9.87. The van der Waals surface area contributed by atoms with E-state index in [9.17, 15) is 4.79 Å². The lowest BCUT2D eigenvalue weighted by Crippen LogP contribution is -2.49. The molecule has 3 N–H and O–H groups in total. The zero-order chi connectivity index (χ0) is 14.7. The van der Waals surface area contributed by atoms with Gasteiger partial charge in [-0.1, -0.05) is 31.0 Å². The quantitative estimate of drug-likeness (QED) is 0.903. The standard InChI is InChI=1S/C16H20N4O/c17-14-8-4-5-9-15(14)19-16(21)12-10-18-20(11-12)13-6-2-1-3-7-13/h1-3,6-7,10-11,14-15H,4-5,8-9,17H2,(H,19,21). The summed E-state index contributed by atoms with van der Waals surface area (Å²) in [4.78, 5) is 12.3. The van der Waals surface area contributed by atoms with E-state index >= 15 is 0 Å². The first-order chi connectivity index (χ1) is 10.2. The average molecular weight is 284 g/mol. The molecular formula is C16H20N4O. The summed E-state index contributed by atoms with van der Waals surface area (Å²) in [7, 11) is 0. The molecule has 1 amide bonds. The third-order valence-corrected chi connectivity index (χ3v) is 4.00. The van der Waals surface area contributed by atoms with Crippen molar-refractivity contribution in [3.63, 3.8) is 0 Å². The number of para-hydroxylation sites is 1. The molecule has 1 saturated carbocycles. The first-order valence-electron chi connectivity index (χ1n) is 7.40. The fraction of sp³-hybridized carbons (Fsp3) is 0.375. The molecule has 2 atom stereocenters. The van der Waals surface area contributed by atoms with Gasteiger partial charge in [0.15, 0.2) is 0 Å². The van der Waals surface area contributed by atoms with Crippen molar-refractivity contribution >= 4 is 5.91 Å². The van der Waals surface area contributed by atoms with Gasteiger partial charge in [0.2, 0.25) is 0 Å². The summed E-state index contributed by atoms with van der Waals surface area (Å²) in [6.07, 6.45) is 7.56. The highest BCUT2D eigenvalue weighted by Crippen LogP contribution is 2.17. The minimum absolute atomic E-state index is 0.0619. The predicted octanol–water partition coefficient (Wildman–Crippen LogP) is 1.87. The smallest absolute Gasteiger partial charge is 0.254 e. The van der Waals surface area contributed by atoms with Crippen LogP contribution in [0.15, 0.2) is 42.7 Å². The van der Waals surface area contributed by atoms with Crippen LogP contribution in [-0.4, -0.2) is 27.8 Å². The van der Waals surface area contributed by atoms with Crippen molar-refractivity contribution in [1.82, 2.24) is 15.1 Å². The Morgan fingerprint density at radius 1 is 1.24 bits per heavy atom. The first-order valence-corrected chi connectivity index (χ1v) is 7.40. The van der Waals surface area contributed by atoms with E-state index in [0.29, 0.717) is 5.56 Å². The number of hydrogen-bond acceptors (Lipinski definition) is 3. The molecule has 2 unspecified atom stereocenters. The van der Waals surface area contributed by atoms with Crippen molar-refractivity contribution in [3.8, 4) is 5.69 Å². The van der Waals surface area contributed by atoms with E-state index in [1.54, 1.807) is 17.1 Å². The number of nitrogens with zero attached hydrogens (tertiary/aromatic N) is 2. The second kappa shape index (κ2) is 6.10. The molecule has 5 nitrogen and oxygen atoms in total. The Kier molecular flexibility index (Phi) is 4.01. The van der Waals surface area contributed by atoms with E-state index in [0.717, 1.165) is 31.4 Å².